The molecule has 0 heterocycles. The highest BCUT2D eigenvalue weighted by molar-refractivity contribution is 5.82. The lowest BCUT2D eigenvalue weighted by molar-refractivity contribution is -0.164. The Morgan fingerprint density at radius 3 is 2.41 bits per heavy atom. The van der Waals surface area contributed by atoms with Crippen LogP contribution >= 0.6 is 0 Å². The molecule has 2 aliphatic carbocycles. The van der Waals surface area contributed by atoms with Gasteiger partial charge < -0.3 is 10.0 Å². The Morgan fingerprint density at radius 1 is 1.29 bits per heavy atom. The van der Waals surface area contributed by atoms with E-state index in [0.29, 0.717) is 12.3 Å². The highest BCUT2D eigenvalue weighted by Gasteiger charge is 2.54. The van der Waals surface area contributed by atoms with E-state index in [4.69, 9.17) is 0 Å². The molecule has 0 saturated heterocycles. The molecule has 1 N–H and O–H groups in total. The summed E-state index contributed by atoms with van der Waals surface area (Å²) in [6, 6.07) is 0.163. The quantitative estimate of drug-likeness (QED) is 0.762. The summed E-state index contributed by atoms with van der Waals surface area (Å²) in [4.78, 5) is 24.7. The van der Waals surface area contributed by atoms with E-state index >= 15 is 0 Å². The number of amides is 1. The minimum atomic E-state index is -0.958. The summed E-state index contributed by atoms with van der Waals surface area (Å²) >= 11 is 0. The predicted molar refractivity (Wildman–Crippen MR) is 63.5 cm³/mol. The molecule has 0 aliphatic heterocycles. The second-order valence-corrected chi connectivity index (χ2v) is 5.76. The number of nitrogens with zero attached hydrogens (tertiary/aromatic N) is 1. The van der Waals surface area contributed by atoms with Crippen molar-refractivity contribution in [1.29, 1.82) is 0 Å². The average molecular weight is 239 g/mol. The summed E-state index contributed by atoms with van der Waals surface area (Å²) in [5.41, 5.74) is -0.958. The largest absolute Gasteiger partial charge is 0.479 e. The third-order valence-corrected chi connectivity index (χ3v) is 4.45. The maximum Gasteiger partial charge on any atom is 0.329 e. The lowest BCUT2D eigenvalue weighted by atomic mass is 9.68. The van der Waals surface area contributed by atoms with Gasteiger partial charge in [-0.15, -0.1) is 0 Å². The van der Waals surface area contributed by atoms with Gasteiger partial charge in [-0.2, -0.15) is 0 Å². The molecular formula is C13H21NO3. The number of aliphatic carboxylic acids is 1. The maximum absolute atomic E-state index is 11.8. The number of carbonyl (C=O) groups excluding carboxylic acids is 1. The van der Waals surface area contributed by atoms with Gasteiger partial charge in [-0.05, 0) is 37.5 Å². The second-order valence-electron chi connectivity index (χ2n) is 5.76. The molecule has 0 spiro atoms. The van der Waals surface area contributed by atoms with Crippen LogP contribution in [0.15, 0.2) is 0 Å². The van der Waals surface area contributed by atoms with Crippen LogP contribution in [0.2, 0.25) is 0 Å². The van der Waals surface area contributed by atoms with Crippen molar-refractivity contribution in [3.63, 3.8) is 0 Å². The first-order valence-electron chi connectivity index (χ1n) is 6.49. The molecule has 4 heteroatoms. The summed E-state index contributed by atoms with van der Waals surface area (Å²) in [6.45, 7) is 4.05. The van der Waals surface area contributed by atoms with Crippen molar-refractivity contribution < 1.29 is 14.7 Å². The third-order valence-electron chi connectivity index (χ3n) is 4.45. The minimum absolute atomic E-state index is 0.0435. The molecule has 3 unspecified atom stereocenters. The van der Waals surface area contributed by atoms with E-state index in [1.165, 1.54) is 0 Å². The van der Waals surface area contributed by atoms with Crippen molar-refractivity contribution in [2.75, 3.05) is 0 Å². The van der Waals surface area contributed by atoms with Crippen molar-refractivity contribution in [3.05, 3.63) is 0 Å². The van der Waals surface area contributed by atoms with Crippen LogP contribution in [-0.4, -0.2) is 34.0 Å². The molecule has 2 rings (SSSR count). The SMILES string of the molecule is CC1CCC(C)C(C(=O)O)(N(C=O)C2CC2)C1. The number of carbonyl (C=O) groups is 2. The minimum Gasteiger partial charge on any atom is -0.479 e. The van der Waals surface area contributed by atoms with E-state index in [-0.39, 0.29) is 12.0 Å². The zero-order valence-corrected chi connectivity index (χ0v) is 10.6. The zero-order chi connectivity index (χ0) is 12.6. The predicted octanol–water partition coefficient (Wildman–Crippen LogP) is 1.89. The van der Waals surface area contributed by atoms with Gasteiger partial charge in [0.15, 0.2) is 0 Å². The number of carboxylic acid groups (broad SMARTS) is 1. The van der Waals surface area contributed by atoms with E-state index in [9.17, 15) is 14.7 Å². The highest BCUT2D eigenvalue weighted by Crippen LogP contribution is 2.45. The van der Waals surface area contributed by atoms with E-state index in [1.807, 2.05) is 6.92 Å². The van der Waals surface area contributed by atoms with Crippen LogP contribution in [0.25, 0.3) is 0 Å². The Kier molecular flexibility index (Phi) is 3.15. The molecule has 2 aliphatic rings. The number of rotatable bonds is 4. The van der Waals surface area contributed by atoms with E-state index in [2.05, 4.69) is 6.92 Å². The Bertz CT molecular complexity index is 327. The van der Waals surface area contributed by atoms with Gasteiger partial charge in [-0.1, -0.05) is 20.3 Å². The highest BCUT2D eigenvalue weighted by atomic mass is 16.4. The first-order chi connectivity index (χ1) is 8.02. The second kappa shape index (κ2) is 4.31. The Balaban J connectivity index is 2.34. The van der Waals surface area contributed by atoms with Gasteiger partial charge in [-0.25, -0.2) is 4.79 Å². The van der Waals surface area contributed by atoms with E-state index in [1.54, 1.807) is 4.90 Å². The number of hydrogen-bond donors (Lipinski definition) is 1. The van der Waals surface area contributed by atoms with Crippen molar-refractivity contribution in [3.8, 4) is 0 Å². The fourth-order valence-electron chi connectivity index (χ4n) is 3.23. The third kappa shape index (κ3) is 1.94. The monoisotopic (exact) mass is 239 g/mol. The summed E-state index contributed by atoms with van der Waals surface area (Å²) in [5, 5.41) is 9.65. The molecular weight excluding hydrogens is 218 g/mol. The summed E-state index contributed by atoms with van der Waals surface area (Å²) in [5.74, 6) is -0.402. The molecule has 0 aromatic heterocycles. The van der Waals surface area contributed by atoms with Crippen LogP contribution < -0.4 is 0 Å². The number of carboxylic acids is 1. The summed E-state index contributed by atoms with van der Waals surface area (Å²) in [6.07, 6.45) is 5.22. The summed E-state index contributed by atoms with van der Waals surface area (Å²) < 4.78 is 0. The fraction of sp³-hybridized carbons (Fsp3) is 0.846. The van der Waals surface area contributed by atoms with Gasteiger partial charge in [-0.3, -0.25) is 4.79 Å². The van der Waals surface area contributed by atoms with Crippen molar-refractivity contribution in [2.45, 2.75) is 57.5 Å². The van der Waals surface area contributed by atoms with Crippen molar-refractivity contribution >= 4 is 12.4 Å². The molecule has 0 radical (unpaired) electrons. The lowest BCUT2D eigenvalue weighted by Gasteiger charge is -2.47. The molecule has 2 fully saturated rings. The van der Waals surface area contributed by atoms with Crippen LogP contribution in [-0.2, 0) is 9.59 Å². The molecule has 0 aromatic carbocycles. The van der Waals surface area contributed by atoms with Gasteiger partial charge in [0.25, 0.3) is 0 Å². The molecule has 4 nitrogen and oxygen atoms in total. The molecule has 1 amide bonds. The van der Waals surface area contributed by atoms with Gasteiger partial charge in [0.05, 0.1) is 0 Å². The lowest BCUT2D eigenvalue weighted by Crippen LogP contribution is -2.61. The van der Waals surface area contributed by atoms with E-state index < -0.39 is 11.5 Å². The Labute approximate surface area is 102 Å². The molecule has 17 heavy (non-hydrogen) atoms. The molecule has 0 aromatic rings. The summed E-state index contributed by atoms with van der Waals surface area (Å²) in [7, 11) is 0. The van der Waals surface area contributed by atoms with Gasteiger partial charge in [0.2, 0.25) is 6.41 Å². The van der Waals surface area contributed by atoms with Crippen LogP contribution in [0, 0.1) is 11.8 Å². The molecule has 96 valence electrons. The first kappa shape index (κ1) is 12.4. The fourth-order valence-corrected chi connectivity index (χ4v) is 3.23. The molecule has 2 saturated carbocycles. The molecule has 3 atom stereocenters. The van der Waals surface area contributed by atoms with Crippen LogP contribution in [0.4, 0.5) is 0 Å². The Morgan fingerprint density at radius 2 is 1.94 bits per heavy atom. The number of hydrogen-bond acceptors (Lipinski definition) is 2. The van der Waals surface area contributed by atoms with Crippen LogP contribution in [0.1, 0.15) is 46.0 Å². The topological polar surface area (TPSA) is 57.6 Å². The standard InChI is InChI=1S/C13H21NO3/c1-9-3-4-10(2)13(7-9,12(16)17)14(8-15)11-5-6-11/h8-11H,3-7H2,1-2H3,(H,16,17). The first-order valence-corrected chi connectivity index (χ1v) is 6.49. The van der Waals surface area contributed by atoms with Crippen LogP contribution in [0.5, 0.6) is 0 Å². The molecule has 0 bridgehead atoms. The van der Waals surface area contributed by atoms with Crippen molar-refractivity contribution in [1.82, 2.24) is 4.90 Å². The smallest absolute Gasteiger partial charge is 0.329 e. The van der Waals surface area contributed by atoms with E-state index in [0.717, 1.165) is 32.1 Å². The maximum atomic E-state index is 11.8. The average Bonchev–Trinajstić information content (AvgIpc) is 3.08. The Hall–Kier alpha value is -1.06. The van der Waals surface area contributed by atoms with Gasteiger partial charge in [0.1, 0.15) is 5.54 Å². The van der Waals surface area contributed by atoms with Gasteiger partial charge >= 0.3 is 5.97 Å². The van der Waals surface area contributed by atoms with Gasteiger partial charge in [0, 0.05) is 6.04 Å². The van der Waals surface area contributed by atoms with Crippen molar-refractivity contribution in [2.24, 2.45) is 11.8 Å². The van der Waals surface area contributed by atoms with Crippen LogP contribution in [0.3, 0.4) is 0 Å². The zero-order valence-electron chi connectivity index (χ0n) is 10.6. The normalized spacial score (nSPS) is 37.5.